The average molecular weight is 385 g/mol. The Morgan fingerprint density at radius 3 is 2.67 bits per heavy atom. The van der Waals surface area contributed by atoms with E-state index < -0.39 is 12.1 Å². The van der Waals surface area contributed by atoms with E-state index in [-0.39, 0.29) is 11.9 Å². The minimum atomic E-state index is -0.893. The zero-order chi connectivity index (χ0) is 19.6. The number of hydrogen-bond acceptors (Lipinski definition) is 5. The van der Waals surface area contributed by atoms with Gasteiger partial charge in [0.15, 0.2) is 6.10 Å². The molecule has 0 saturated carbocycles. The van der Waals surface area contributed by atoms with Gasteiger partial charge in [-0.3, -0.25) is 4.79 Å². The first-order valence-corrected chi connectivity index (χ1v) is 10.0. The maximum atomic E-state index is 13.0. The Morgan fingerprint density at radius 2 is 1.96 bits per heavy atom. The Balaban J connectivity index is 1.76. The number of carbonyl (C=O) groups excluding carboxylic acids is 2. The summed E-state index contributed by atoms with van der Waals surface area (Å²) in [6, 6.07) is 13.1. The highest BCUT2D eigenvalue weighted by atomic mass is 32.2. The summed E-state index contributed by atoms with van der Waals surface area (Å²) >= 11 is 1.56. The van der Waals surface area contributed by atoms with E-state index in [1.165, 1.54) is 7.11 Å². The molecule has 3 rings (SSSR count). The van der Waals surface area contributed by atoms with E-state index in [2.05, 4.69) is 0 Å². The van der Waals surface area contributed by atoms with E-state index >= 15 is 0 Å². The fourth-order valence-electron chi connectivity index (χ4n) is 3.34. The summed E-state index contributed by atoms with van der Waals surface area (Å²) in [7, 11) is 1.51. The van der Waals surface area contributed by atoms with Crippen LogP contribution in [0.15, 0.2) is 47.4 Å². The standard InChI is InChI=1S/C21H23NO4S/c1-13-11-15-7-5-6-8-18(15)22(13)20(23)14(2)26-21(24)17-10-9-16(27-4)12-19(17)25-3/h5-10,12-14H,11H2,1-4H3/t13-,14-/m0/s1. The normalized spacial score (nSPS) is 16.6. The molecule has 1 aliphatic heterocycles. The van der Waals surface area contributed by atoms with Gasteiger partial charge in [-0.1, -0.05) is 18.2 Å². The number of hydrogen-bond donors (Lipinski definition) is 0. The number of fused-ring (bicyclic) bond motifs is 1. The molecular weight excluding hydrogens is 362 g/mol. The monoisotopic (exact) mass is 385 g/mol. The quantitative estimate of drug-likeness (QED) is 0.576. The number of amides is 1. The van der Waals surface area contributed by atoms with Crippen LogP contribution >= 0.6 is 11.8 Å². The molecule has 1 amide bonds. The highest BCUT2D eigenvalue weighted by molar-refractivity contribution is 7.98. The first kappa shape index (κ1) is 19.3. The highest BCUT2D eigenvalue weighted by Crippen LogP contribution is 2.33. The lowest BCUT2D eigenvalue weighted by molar-refractivity contribution is -0.126. The lowest BCUT2D eigenvalue weighted by atomic mass is 10.1. The number of ether oxygens (including phenoxy) is 2. The molecule has 6 heteroatoms. The smallest absolute Gasteiger partial charge is 0.342 e. The van der Waals surface area contributed by atoms with Gasteiger partial charge >= 0.3 is 5.97 Å². The van der Waals surface area contributed by atoms with E-state index in [4.69, 9.17) is 9.47 Å². The molecular formula is C21H23NO4S. The van der Waals surface area contributed by atoms with Crippen LogP contribution in [0.3, 0.4) is 0 Å². The molecule has 0 spiro atoms. The molecule has 1 heterocycles. The molecule has 2 aromatic carbocycles. The summed E-state index contributed by atoms with van der Waals surface area (Å²) in [5, 5.41) is 0. The average Bonchev–Trinajstić information content (AvgIpc) is 3.02. The van der Waals surface area contributed by atoms with E-state index in [0.717, 1.165) is 22.6 Å². The Labute approximate surface area is 163 Å². The summed E-state index contributed by atoms with van der Waals surface area (Å²) in [5.74, 6) is -0.354. The third-order valence-electron chi connectivity index (χ3n) is 4.70. The molecule has 0 unspecified atom stereocenters. The molecule has 0 N–H and O–H groups in total. The van der Waals surface area contributed by atoms with Crippen molar-refractivity contribution in [2.45, 2.75) is 37.3 Å². The van der Waals surface area contributed by atoms with Crippen molar-refractivity contribution in [2.75, 3.05) is 18.3 Å². The zero-order valence-electron chi connectivity index (χ0n) is 15.9. The molecule has 5 nitrogen and oxygen atoms in total. The van der Waals surface area contributed by atoms with Gasteiger partial charge in [0.1, 0.15) is 11.3 Å². The second kappa shape index (κ2) is 8.05. The van der Waals surface area contributed by atoms with Crippen LogP contribution in [0.4, 0.5) is 5.69 Å². The first-order chi connectivity index (χ1) is 13.0. The molecule has 1 aliphatic rings. The number of anilines is 1. The number of carbonyl (C=O) groups is 2. The molecule has 2 atom stereocenters. The van der Waals surface area contributed by atoms with Crippen molar-refractivity contribution in [3.05, 3.63) is 53.6 Å². The van der Waals surface area contributed by atoms with Gasteiger partial charge < -0.3 is 14.4 Å². The van der Waals surface area contributed by atoms with Crippen LogP contribution in [0.2, 0.25) is 0 Å². The molecule has 0 bridgehead atoms. The van der Waals surface area contributed by atoms with Crippen LogP contribution in [0.1, 0.15) is 29.8 Å². The van der Waals surface area contributed by atoms with Crippen molar-refractivity contribution in [1.82, 2.24) is 0 Å². The number of nitrogens with zero attached hydrogens (tertiary/aromatic N) is 1. The number of rotatable bonds is 5. The summed E-state index contributed by atoms with van der Waals surface area (Å²) in [5.41, 5.74) is 2.33. The molecule has 2 aromatic rings. The van der Waals surface area contributed by atoms with E-state index in [9.17, 15) is 9.59 Å². The summed E-state index contributed by atoms with van der Waals surface area (Å²) in [4.78, 5) is 28.3. The van der Waals surface area contributed by atoms with Crippen LogP contribution in [0.25, 0.3) is 0 Å². The van der Waals surface area contributed by atoms with Gasteiger partial charge in [0, 0.05) is 16.6 Å². The van der Waals surface area contributed by atoms with Crippen LogP contribution in [-0.4, -0.2) is 37.4 Å². The number of methoxy groups -OCH3 is 1. The van der Waals surface area contributed by atoms with E-state index in [1.54, 1.807) is 35.7 Å². The lowest BCUT2D eigenvalue weighted by Crippen LogP contribution is -2.43. The lowest BCUT2D eigenvalue weighted by Gasteiger charge is -2.26. The van der Waals surface area contributed by atoms with Crippen LogP contribution in [0.5, 0.6) is 5.75 Å². The number of benzene rings is 2. The van der Waals surface area contributed by atoms with Gasteiger partial charge in [0.2, 0.25) is 0 Å². The van der Waals surface area contributed by atoms with Crippen LogP contribution in [-0.2, 0) is 16.0 Å². The largest absolute Gasteiger partial charge is 0.496 e. The zero-order valence-corrected chi connectivity index (χ0v) is 16.7. The van der Waals surface area contributed by atoms with E-state index in [0.29, 0.717) is 11.3 Å². The Hall–Kier alpha value is -2.47. The third kappa shape index (κ3) is 3.81. The van der Waals surface area contributed by atoms with Crippen molar-refractivity contribution in [2.24, 2.45) is 0 Å². The van der Waals surface area contributed by atoms with E-state index in [1.807, 2.05) is 43.5 Å². The molecule has 0 aromatic heterocycles. The summed E-state index contributed by atoms with van der Waals surface area (Å²) in [6.45, 7) is 3.60. The SMILES string of the molecule is COc1cc(SC)ccc1C(=O)O[C@@H](C)C(=O)N1c2ccccc2C[C@@H]1C. The van der Waals surface area contributed by atoms with Crippen LogP contribution < -0.4 is 9.64 Å². The fraction of sp³-hybridized carbons (Fsp3) is 0.333. The van der Waals surface area contributed by atoms with Gasteiger partial charge in [0.25, 0.3) is 5.91 Å². The molecule has 0 aliphatic carbocycles. The molecule has 0 fully saturated rings. The van der Waals surface area contributed by atoms with Crippen molar-refractivity contribution in [3.63, 3.8) is 0 Å². The second-order valence-corrected chi connectivity index (χ2v) is 7.38. The number of thioether (sulfide) groups is 1. The molecule has 27 heavy (non-hydrogen) atoms. The van der Waals surface area contributed by atoms with Gasteiger partial charge in [-0.05, 0) is 56.4 Å². The van der Waals surface area contributed by atoms with Gasteiger partial charge in [-0.15, -0.1) is 11.8 Å². The summed E-state index contributed by atoms with van der Waals surface area (Å²) in [6.07, 6.45) is 1.85. The van der Waals surface area contributed by atoms with Crippen LogP contribution in [0, 0.1) is 0 Å². The van der Waals surface area contributed by atoms with Crippen molar-refractivity contribution in [3.8, 4) is 5.75 Å². The van der Waals surface area contributed by atoms with Gasteiger partial charge in [0.05, 0.1) is 7.11 Å². The van der Waals surface area contributed by atoms with Gasteiger partial charge in [-0.25, -0.2) is 4.79 Å². The minimum Gasteiger partial charge on any atom is -0.496 e. The fourth-order valence-corrected chi connectivity index (χ4v) is 3.77. The second-order valence-electron chi connectivity index (χ2n) is 6.50. The van der Waals surface area contributed by atoms with Crippen molar-refractivity contribution < 1.29 is 19.1 Å². The Kier molecular flexibility index (Phi) is 5.75. The third-order valence-corrected chi connectivity index (χ3v) is 5.43. The van der Waals surface area contributed by atoms with Crippen molar-refractivity contribution in [1.29, 1.82) is 0 Å². The Morgan fingerprint density at radius 1 is 1.22 bits per heavy atom. The summed E-state index contributed by atoms with van der Waals surface area (Å²) < 4.78 is 10.8. The first-order valence-electron chi connectivity index (χ1n) is 8.80. The highest BCUT2D eigenvalue weighted by Gasteiger charge is 2.34. The number of esters is 1. The van der Waals surface area contributed by atoms with Gasteiger partial charge in [-0.2, -0.15) is 0 Å². The molecule has 0 radical (unpaired) electrons. The predicted octanol–water partition coefficient (Wildman–Crippen LogP) is 3.94. The predicted molar refractivity (Wildman–Crippen MR) is 107 cm³/mol. The molecule has 142 valence electrons. The molecule has 0 saturated heterocycles. The number of para-hydroxylation sites is 1. The van der Waals surface area contributed by atoms with Crippen molar-refractivity contribution >= 4 is 29.3 Å². The maximum Gasteiger partial charge on any atom is 0.342 e. The topological polar surface area (TPSA) is 55.8 Å². The minimum absolute atomic E-state index is 0.0338. The maximum absolute atomic E-state index is 13.0. The Bertz CT molecular complexity index is 867.